The predicted octanol–water partition coefficient (Wildman–Crippen LogP) is 1.73. The first-order valence-corrected chi connectivity index (χ1v) is 6.13. The van der Waals surface area contributed by atoms with Crippen LogP contribution in [0.5, 0.6) is 0 Å². The molecule has 1 atom stereocenters. The molecule has 20 heavy (non-hydrogen) atoms. The van der Waals surface area contributed by atoms with Crippen LogP contribution in [0, 0.1) is 5.82 Å². The Morgan fingerprint density at radius 3 is 2.90 bits per heavy atom. The third-order valence-corrected chi connectivity index (χ3v) is 2.88. The zero-order valence-corrected chi connectivity index (χ0v) is 11.0. The summed E-state index contributed by atoms with van der Waals surface area (Å²) in [5.41, 5.74) is 0.115. The number of carbonyl (C=O) groups excluding carboxylic acids is 1. The van der Waals surface area contributed by atoms with E-state index in [0.29, 0.717) is 0 Å². The van der Waals surface area contributed by atoms with Gasteiger partial charge >= 0.3 is 0 Å². The van der Waals surface area contributed by atoms with Crippen LogP contribution in [-0.2, 0) is 0 Å². The number of rotatable bonds is 4. The molecule has 0 spiro atoms. The monoisotopic (exact) mass is 295 g/mol. The smallest absolute Gasteiger partial charge is 0.271 e. The summed E-state index contributed by atoms with van der Waals surface area (Å²) >= 11 is 5.77. The highest BCUT2D eigenvalue weighted by Gasteiger charge is 2.16. The van der Waals surface area contributed by atoms with Crippen LogP contribution in [0.15, 0.2) is 36.8 Å². The average molecular weight is 296 g/mol. The molecule has 2 aromatic rings. The van der Waals surface area contributed by atoms with Crippen molar-refractivity contribution in [2.45, 2.75) is 6.10 Å². The standard InChI is InChI=1S/C13H11ClFN3O2/c14-9-5-16-7-18-12(9)13(20)17-6-11(19)8-3-1-2-4-10(8)15/h1-5,7,11,19H,6H2,(H,17,20). The van der Waals surface area contributed by atoms with E-state index in [1.165, 1.54) is 30.7 Å². The number of hydrogen-bond acceptors (Lipinski definition) is 4. The molecule has 7 heteroatoms. The maximum absolute atomic E-state index is 13.4. The summed E-state index contributed by atoms with van der Waals surface area (Å²) in [6, 6.07) is 5.81. The molecular weight excluding hydrogens is 285 g/mol. The van der Waals surface area contributed by atoms with E-state index >= 15 is 0 Å². The van der Waals surface area contributed by atoms with E-state index < -0.39 is 17.8 Å². The zero-order valence-electron chi connectivity index (χ0n) is 10.3. The van der Waals surface area contributed by atoms with Gasteiger partial charge in [-0.15, -0.1) is 0 Å². The Balaban J connectivity index is 2.01. The van der Waals surface area contributed by atoms with Gasteiger partial charge < -0.3 is 10.4 Å². The number of carbonyl (C=O) groups is 1. The van der Waals surface area contributed by atoms with Gasteiger partial charge in [0.05, 0.1) is 11.1 Å². The zero-order chi connectivity index (χ0) is 14.5. The van der Waals surface area contributed by atoms with Crippen molar-refractivity contribution in [3.63, 3.8) is 0 Å². The van der Waals surface area contributed by atoms with Gasteiger partial charge in [0.1, 0.15) is 17.8 Å². The van der Waals surface area contributed by atoms with Gasteiger partial charge in [-0.1, -0.05) is 29.8 Å². The fourth-order valence-electron chi connectivity index (χ4n) is 1.61. The van der Waals surface area contributed by atoms with Crippen molar-refractivity contribution >= 4 is 17.5 Å². The van der Waals surface area contributed by atoms with Gasteiger partial charge in [0.25, 0.3) is 5.91 Å². The molecule has 0 bridgehead atoms. The molecule has 1 unspecified atom stereocenters. The first-order chi connectivity index (χ1) is 9.59. The van der Waals surface area contributed by atoms with Crippen LogP contribution >= 0.6 is 11.6 Å². The molecule has 0 radical (unpaired) electrons. The largest absolute Gasteiger partial charge is 0.386 e. The van der Waals surface area contributed by atoms with E-state index in [9.17, 15) is 14.3 Å². The van der Waals surface area contributed by atoms with Crippen molar-refractivity contribution in [1.29, 1.82) is 0 Å². The summed E-state index contributed by atoms with van der Waals surface area (Å²) in [4.78, 5) is 19.2. The molecule has 104 valence electrons. The van der Waals surface area contributed by atoms with Crippen LogP contribution in [0.3, 0.4) is 0 Å². The topological polar surface area (TPSA) is 75.1 Å². The molecule has 0 saturated carbocycles. The van der Waals surface area contributed by atoms with E-state index in [1.54, 1.807) is 6.07 Å². The van der Waals surface area contributed by atoms with Crippen LogP contribution in [-0.4, -0.2) is 27.5 Å². The lowest BCUT2D eigenvalue weighted by atomic mass is 10.1. The van der Waals surface area contributed by atoms with Crippen LogP contribution < -0.4 is 5.32 Å². The lowest BCUT2D eigenvalue weighted by Crippen LogP contribution is -2.29. The van der Waals surface area contributed by atoms with Crippen molar-refractivity contribution < 1.29 is 14.3 Å². The molecular formula is C13H11ClFN3O2. The Kier molecular flexibility index (Phi) is 4.60. The van der Waals surface area contributed by atoms with Gasteiger partial charge in [0.2, 0.25) is 0 Å². The number of nitrogens with one attached hydrogen (secondary N) is 1. The average Bonchev–Trinajstić information content (AvgIpc) is 2.45. The van der Waals surface area contributed by atoms with Crippen molar-refractivity contribution in [2.75, 3.05) is 6.54 Å². The summed E-state index contributed by atoms with van der Waals surface area (Å²) in [5.74, 6) is -1.10. The molecule has 0 aliphatic heterocycles. The molecule has 2 N–H and O–H groups in total. The molecule has 1 amide bonds. The molecule has 1 aromatic heterocycles. The van der Waals surface area contributed by atoms with Crippen LogP contribution in [0.25, 0.3) is 0 Å². The number of aliphatic hydroxyl groups excluding tert-OH is 1. The van der Waals surface area contributed by atoms with Gasteiger partial charge in [0, 0.05) is 18.3 Å². The normalized spacial score (nSPS) is 11.9. The highest BCUT2D eigenvalue weighted by atomic mass is 35.5. The highest BCUT2D eigenvalue weighted by Crippen LogP contribution is 2.16. The summed E-state index contributed by atoms with van der Waals surface area (Å²) in [6.45, 7) is -0.153. The van der Waals surface area contributed by atoms with Gasteiger partial charge in [-0.05, 0) is 6.07 Å². The van der Waals surface area contributed by atoms with E-state index in [0.717, 1.165) is 0 Å². The number of halogens is 2. The summed E-state index contributed by atoms with van der Waals surface area (Å²) in [7, 11) is 0. The molecule has 0 aliphatic carbocycles. The number of aliphatic hydroxyl groups is 1. The minimum atomic E-state index is -1.15. The van der Waals surface area contributed by atoms with Crippen molar-refractivity contribution in [3.8, 4) is 0 Å². The molecule has 5 nitrogen and oxygen atoms in total. The first-order valence-electron chi connectivity index (χ1n) is 5.75. The fourth-order valence-corrected chi connectivity index (χ4v) is 1.80. The summed E-state index contributed by atoms with van der Waals surface area (Å²) < 4.78 is 13.4. The minimum Gasteiger partial charge on any atom is -0.386 e. The lowest BCUT2D eigenvalue weighted by Gasteiger charge is -2.13. The molecule has 0 saturated heterocycles. The third-order valence-electron chi connectivity index (χ3n) is 2.60. The van der Waals surface area contributed by atoms with Gasteiger partial charge in [0.15, 0.2) is 0 Å². The maximum Gasteiger partial charge on any atom is 0.271 e. The van der Waals surface area contributed by atoms with Gasteiger partial charge in [-0.3, -0.25) is 4.79 Å². The third kappa shape index (κ3) is 3.28. The van der Waals surface area contributed by atoms with Gasteiger partial charge in [-0.2, -0.15) is 0 Å². The van der Waals surface area contributed by atoms with Gasteiger partial charge in [-0.25, -0.2) is 14.4 Å². The second kappa shape index (κ2) is 6.40. The van der Waals surface area contributed by atoms with Crippen LogP contribution in [0.4, 0.5) is 4.39 Å². The van der Waals surface area contributed by atoms with Crippen molar-refractivity contribution in [1.82, 2.24) is 15.3 Å². The number of benzene rings is 1. The predicted molar refractivity (Wildman–Crippen MR) is 70.7 cm³/mol. The maximum atomic E-state index is 13.4. The number of aromatic nitrogens is 2. The van der Waals surface area contributed by atoms with E-state index in [4.69, 9.17) is 11.6 Å². The molecule has 0 fully saturated rings. The fraction of sp³-hybridized carbons (Fsp3) is 0.154. The lowest BCUT2D eigenvalue weighted by molar-refractivity contribution is 0.0909. The van der Waals surface area contributed by atoms with E-state index in [-0.39, 0.29) is 22.8 Å². The second-order valence-corrected chi connectivity index (χ2v) is 4.37. The molecule has 1 aromatic carbocycles. The Morgan fingerprint density at radius 2 is 2.20 bits per heavy atom. The molecule has 2 rings (SSSR count). The number of nitrogens with zero attached hydrogens (tertiary/aromatic N) is 2. The van der Waals surface area contributed by atoms with Crippen molar-refractivity contribution in [3.05, 3.63) is 58.9 Å². The SMILES string of the molecule is O=C(NCC(O)c1ccccc1F)c1ncncc1Cl. The summed E-state index contributed by atoms with van der Waals surface area (Å²) in [5, 5.41) is 12.4. The highest BCUT2D eigenvalue weighted by molar-refractivity contribution is 6.33. The minimum absolute atomic E-state index is 0.00222. The summed E-state index contributed by atoms with van der Waals surface area (Å²) in [6.07, 6.45) is 1.32. The Bertz CT molecular complexity index is 624. The van der Waals surface area contributed by atoms with E-state index in [2.05, 4.69) is 15.3 Å². The number of amides is 1. The quantitative estimate of drug-likeness (QED) is 0.901. The second-order valence-electron chi connectivity index (χ2n) is 3.97. The van der Waals surface area contributed by atoms with Crippen LogP contribution in [0.2, 0.25) is 5.02 Å². The first kappa shape index (κ1) is 14.4. The molecule has 0 aliphatic rings. The Labute approximate surface area is 119 Å². The number of hydrogen-bond donors (Lipinski definition) is 2. The van der Waals surface area contributed by atoms with E-state index in [1.807, 2.05) is 0 Å². The Morgan fingerprint density at radius 1 is 1.45 bits per heavy atom. The van der Waals surface area contributed by atoms with Crippen LogP contribution in [0.1, 0.15) is 22.2 Å². The Hall–Kier alpha value is -2.05. The van der Waals surface area contributed by atoms with Crippen molar-refractivity contribution in [2.24, 2.45) is 0 Å². The molecule has 1 heterocycles.